The van der Waals surface area contributed by atoms with Crippen molar-refractivity contribution < 1.29 is 4.74 Å². The van der Waals surface area contributed by atoms with Crippen molar-refractivity contribution in [2.24, 2.45) is 0 Å². The molecular weight excluding hydrogens is 344 g/mol. The Balaban J connectivity index is 1.23. The fraction of sp³-hybridized carbons (Fsp3) is 0.250. The molecule has 1 aromatic heterocycles. The molecule has 2 aromatic carbocycles. The number of para-hydroxylation sites is 1. The number of benzene rings is 2. The molecule has 6 heteroatoms. The van der Waals surface area contributed by atoms with Gasteiger partial charge in [0, 0.05) is 38.9 Å². The first-order chi connectivity index (χ1) is 12.8. The van der Waals surface area contributed by atoms with Gasteiger partial charge in [-0.3, -0.25) is 4.90 Å². The van der Waals surface area contributed by atoms with E-state index in [-0.39, 0.29) is 0 Å². The maximum atomic E-state index is 5.49. The molecule has 132 valence electrons. The molecule has 3 aromatic rings. The summed E-state index contributed by atoms with van der Waals surface area (Å²) in [5, 5.41) is 4.39. The van der Waals surface area contributed by atoms with Gasteiger partial charge in [0.1, 0.15) is 12.0 Å². The van der Waals surface area contributed by atoms with Crippen LogP contribution in [0.5, 0.6) is 5.75 Å². The number of piperazine rings is 1. The molecule has 26 heavy (non-hydrogen) atoms. The number of ether oxygens (including phenoxy) is 1. The summed E-state index contributed by atoms with van der Waals surface area (Å²) in [4.78, 5) is 9.71. The number of hydrogen-bond donors (Lipinski definition) is 1. The molecule has 2 aliphatic rings. The zero-order chi connectivity index (χ0) is 17.3. The number of aromatic nitrogens is 1. The second kappa shape index (κ2) is 6.63. The van der Waals surface area contributed by atoms with Crippen LogP contribution >= 0.6 is 11.3 Å². The number of nitrogens with one attached hydrogen (secondary N) is 1. The highest BCUT2D eigenvalue weighted by atomic mass is 32.1. The van der Waals surface area contributed by atoms with Crippen molar-refractivity contribution in [3.63, 3.8) is 0 Å². The smallest absolute Gasteiger partial charge is 0.186 e. The SMILES string of the molecule is C1=COc2ccc(CN3CCN(c4nc5ccccc5s4)CC3)cc2N1. The normalized spacial score (nSPS) is 17.0. The van der Waals surface area contributed by atoms with Gasteiger partial charge < -0.3 is 15.0 Å². The van der Waals surface area contributed by atoms with Crippen LogP contribution in [-0.4, -0.2) is 36.1 Å². The van der Waals surface area contributed by atoms with Crippen LogP contribution in [0, 0.1) is 0 Å². The van der Waals surface area contributed by atoms with Crippen molar-refractivity contribution in [1.82, 2.24) is 9.88 Å². The molecule has 0 unspecified atom stereocenters. The number of fused-ring (bicyclic) bond motifs is 2. The largest absolute Gasteiger partial charge is 0.461 e. The summed E-state index contributed by atoms with van der Waals surface area (Å²) in [6, 6.07) is 14.7. The average molecular weight is 364 g/mol. The van der Waals surface area contributed by atoms with E-state index in [1.807, 2.05) is 12.3 Å². The third-order valence-corrected chi connectivity index (χ3v) is 5.97. The van der Waals surface area contributed by atoms with E-state index in [0.717, 1.165) is 54.8 Å². The molecule has 0 spiro atoms. The molecule has 2 aliphatic heterocycles. The Labute approximate surface area is 156 Å². The lowest BCUT2D eigenvalue weighted by atomic mass is 10.1. The van der Waals surface area contributed by atoms with Gasteiger partial charge in [-0.15, -0.1) is 0 Å². The quantitative estimate of drug-likeness (QED) is 0.763. The Hall–Kier alpha value is -2.57. The van der Waals surface area contributed by atoms with Gasteiger partial charge >= 0.3 is 0 Å². The number of rotatable bonds is 3. The Morgan fingerprint density at radius 2 is 1.96 bits per heavy atom. The average Bonchev–Trinajstić information content (AvgIpc) is 3.13. The number of nitrogens with zero attached hydrogens (tertiary/aromatic N) is 3. The topological polar surface area (TPSA) is 40.6 Å². The predicted octanol–water partition coefficient (Wildman–Crippen LogP) is 3.89. The lowest BCUT2D eigenvalue weighted by molar-refractivity contribution is 0.250. The van der Waals surface area contributed by atoms with Crippen molar-refractivity contribution in [3.05, 3.63) is 60.5 Å². The highest BCUT2D eigenvalue weighted by Gasteiger charge is 2.20. The van der Waals surface area contributed by atoms with E-state index < -0.39 is 0 Å². The Bertz CT molecular complexity index is 926. The third kappa shape index (κ3) is 3.02. The summed E-state index contributed by atoms with van der Waals surface area (Å²) in [7, 11) is 0. The van der Waals surface area contributed by atoms with E-state index in [1.165, 1.54) is 10.3 Å². The van der Waals surface area contributed by atoms with E-state index >= 15 is 0 Å². The third-order valence-electron chi connectivity index (χ3n) is 4.88. The standard InChI is InChI=1S/C20H20N4OS/c1-2-4-19-16(3-1)22-20(26-19)24-10-8-23(9-11-24)14-15-5-6-18-17(13-15)21-7-12-25-18/h1-7,12-13,21H,8-11,14H2. The lowest BCUT2D eigenvalue weighted by Crippen LogP contribution is -2.45. The van der Waals surface area contributed by atoms with Crippen LogP contribution in [0.3, 0.4) is 0 Å². The maximum absolute atomic E-state index is 5.49. The maximum Gasteiger partial charge on any atom is 0.186 e. The number of anilines is 2. The minimum atomic E-state index is 0.886. The van der Waals surface area contributed by atoms with E-state index in [0.29, 0.717) is 0 Å². The summed E-state index contributed by atoms with van der Waals surface area (Å²) in [5.41, 5.74) is 3.45. The van der Waals surface area contributed by atoms with E-state index in [9.17, 15) is 0 Å². The summed E-state index contributed by atoms with van der Waals surface area (Å²) in [6.07, 6.45) is 3.49. The molecular formula is C20H20N4OS. The van der Waals surface area contributed by atoms with Gasteiger partial charge in [-0.05, 0) is 29.8 Å². The van der Waals surface area contributed by atoms with Gasteiger partial charge in [0.2, 0.25) is 0 Å². The molecule has 1 N–H and O–H groups in total. The minimum absolute atomic E-state index is 0.886. The summed E-state index contributed by atoms with van der Waals surface area (Å²) in [6.45, 7) is 5.11. The fourth-order valence-electron chi connectivity index (χ4n) is 3.47. The predicted molar refractivity (Wildman–Crippen MR) is 107 cm³/mol. The van der Waals surface area contributed by atoms with Gasteiger partial charge in [-0.2, -0.15) is 0 Å². The van der Waals surface area contributed by atoms with Crippen LogP contribution in [0.15, 0.2) is 54.9 Å². The zero-order valence-electron chi connectivity index (χ0n) is 14.4. The van der Waals surface area contributed by atoms with Crippen molar-refractivity contribution in [2.45, 2.75) is 6.54 Å². The molecule has 0 amide bonds. The lowest BCUT2D eigenvalue weighted by Gasteiger charge is -2.34. The van der Waals surface area contributed by atoms with Crippen LogP contribution in [-0.2, 0) is 6.54 Å². The number of hydrogen-bond acceptors (Lipinski definition) is 6. The molecule has 1 saturated heterocycles. The molecule has 0 bridgehead atoms. The van der Waals surface area contributed by atoms with Gasteiger partial charge in [-0.1, -0.05) is 29.5 Å². The molecule has 3 heterocycles. The fourth-order valence-corrected chi connectivity index (χ4v) is 4.49. The Kier molecular flexibility index (Phi) is 3.99. The Morgan fingerprint density at radius 3 is 2.85 bits per heavy atom. The van der Waals surface area contributed by atoms with Crippen LogP contribution in [0.25, 0.3) is 10.2 Å². The molecule has 0 aliphatic carbocycles. The van der Waals surface area contributed by atoms with Crippen molar-refractivity contribution >= 4 is 32.4 Å². The summed E-state index contributed by atoms with van der Waals surface area (Å²) >= 11 is 1.79. The minimum Gasteiger partial charge on any atom is -0.461 e. The van der Waals surface area contributed by atoms with E-state index in [2.05, 4.69) is 51.5 Å². The molecule has 0 saturated carbocycles. The summed E-state index contributed by atoms with van der Waals surface area (Å²) < 4.78 is 6.75. The van der Waals surface area contributed by atoms with Gasteiger partial charge in [-0.25, -0.2) is 4.98 Å². The molecule has 0 radical (unpaired) electrons. The van der Waals surface area contributed by atoms with Crippen LogP contribution < -0.4 is 15.0 Å². The molecule has 1 fully saturated rings. The second-order valence-electron chi connectivity index (χ2n) is 6.62. The van der Waals surface area contributed by atoms with Gasteiger partial charge in [0.05, 0.1) is 15.9 Å². The first-order valence-corrected chi connectivity index (χ1v) is 9.71. The zero-order valence-corrected chi connectivity index (χ0v) is 15.2. The monoisotopic (exact) mass is 364 g/mol. The molecule has 5 nitrogen and oxygen atoms in total. The van der Waals surface area contributed by atoms with Gasteiger partial charge in [0.15, 0.2) is 5.13 Å². The molecule has 5 rings (SSSR count). The van der Waals surface area contributed by atoms with Crippen molar-refractivity contribution in [1.29, 1.82) is 0 Å². The second-order valence-corrected chi connectivity index (χ2v) is 7.63. The Morgan fingerprint density at radius 1 is 1.08 bits per heavy atom. The highest BCUT2D eigenvalue weighted by Crippen LogP contribution is 2.30. The number of thiazole rings is 1. The van der Waals surface area contributed by atoms with E-state index in [4.69, 9.17) is 9.72 Å². The highest BCUT2D eigenvalue weighted by molar-refractivity contribution is 7.22. The van der Waals surface area contributed by atoms with Crippen LogP contribution in [0.1, 0.15) is 5.56 Å². The van der Waals surface area contributed by atoms with Crippen LogP contribution in [0.2, 0.25) is 0 Å². The first kappa shape index (κ1) is 15.7. The first-order valence-electron chi connectivity index (χ1n) is 8.89. The summed E-state index contributed by atoms with van der Waals surface area (Å²) in [5.74, 6) is 0.886. The molecule has 0 atom stereocenters. The van der Waals surface area contributed by atoms with Crippen molar-refractivity contribution in [3.8, 4) is 5.75 Å². The van der Waals surface area contributed by atoms with Crippen molar-refractivity contribution in [2.75, 3.05) is 36.4 Å². The van der Waals surface area contributed by atoms with Gasteiger partial charge in [0.25, 0.3) is 0 Å². The van der Waals surface area contributed by atoms with E-state index in [1.54, 1.807) is 17.6 Å². The van der Waals surface area contributed by atoms with Crippen LogP contribution in [0.4, 0.5) is 10.8 Å².